The van der Waals surface area contributed by atoms with Gasteiger partial charge in [-0.15, -0.1) is 0 Å². The number of hydrogen-bond acceptors (Lipinski definition) is 1. The number of fused-ring (bicyclic) bond motifs is 1. The molecule has 0 N–H and O–H groups in total. The molecule has 2 aliphatic rings. The van der Waals surface area contributed by atoms with Crippen LogP contribution in [0.25, 0.3) is 0 Å². The van der Waals surface area contributed by atoms with Crippen molar-refractivity contribution in [3.63, 3.8) is 0 Å². The van der Waals surface area contributed by atoms with Crippen LogP contribution in [0.4, 0.5) is 0 Å². The number of rotatable bonds is 1. The molecule has 0 atom stereocenters. The second-order valence-corrected chi connectivity index (χ2v) is 4.94. The monoisotopic (exact) mass is 215 g/mol. The Bertz CT molecular complexity index is 434. The van der Waals surface area contributed by atoms with Gasteiger partial charge in [0.05, 0.1) is 0 Å². The Hall–Kier alpha value is -1.31. The highest BCUT2D eigenvalue weighted by Gasteiger charge is 2.35. The van der Waals surface area contributed by atoms with Gasteiger partial charge in [-0.2, -0.15) is 0 Å². The van der Waals surface area contributed by atoms with Crippen molar-refractivity contribution < 1.29 is 4.79 Å². The predicted octanol–water partition coefficient (Wildman–Crippen LogP) is 2.55. The van der Waals surface area contributed by atoms with E-state index >= 15 is 0 Å². The van der Waals surface area contributed by atoms with Gasteiger partial charge in [-0.1, -0.05) is 18.2 Å². The Labute approximate surface area is 96.3 Å². The Morgan fingerprint density at radius 1 is 1.31 bits per heavy atom. The molecule has 0 aromatic heterocycles. The number of hydrogen-bond donors (Lipinski definition) is 0. The fourth-order valence-electron chi connectivity index (χ4n) is 2.66. The summed E-state index contributed by atoms with van der Waals surface area (Å²) in [5, 5.41) is 0. The Morgan fingerprint density at radius 3 is 2.88 bits per heavy atom. The minimum atomic E-state index is 0.271. The summed E-state index contributed by atoms with van der Waals surface area (Å²) >= 11 is 0. The fourth-order valence-corrected chi connectivity index (χ4v) is 2.66. The summed E-state index contributed by atoms with van der Waals surface area (Å²) in [4.78, 5) is 14.6. The van der Waals surface area contributed by atoms with Crippen molar-refractivity contribution in [2.75, 3.05) is 6.54 Å². The summed E-state index contributed by atoms with van der Waals surface area (Å²) in [5.74, 6) is 0.271. The first kappa shape index (κ1) is 9.88. The smallest absolute Gasteiger partial charge is 0.254 e. The molecule has 84 valence electrons. The van der Waals surface area contributed by atoms with Gasteiger partial charge in [0.15, 0.2) is 0 Å². The average Bonchev–Trinajstić information content (AvgIpc) is 3.06. The van der Waals surface area contributed by atoms with E-state index in [0.29, 0.717) is 6.04 Å². The van der Waals surface area contributed by atoms with E-state index in [1.165, 1.54) is 18.4 Å². The van der Waals surface area contributed by atoms with Crippen molar-refractivity contribution in [2.45, 2.75) is 38.6 Å². The number of aryl methyl sites for hydroxylation is 2. The van der Waals surface area contributed by atoms with E-state index in [-0.39, 0.29) is 5.91 Å². The van der Waals surface area contributed by atoms with Crippen molar-refractivity contribution in [1.82, 2.24) is 4.90 Å². The molecular weight excluding hydrogens is 198 g/mol. The first-order valence-corrected chi connectivity index (χ1v) is 6.17. The van der Waals surface area contributed by atoms with Crippen LogP contribution in [-0.4, -0.2) is 23.4 Å². The maximum absolute atomic E-state index is 12.5. The molecule has 0 unspecified atom stereocenters. The van der Waals surface area contributed by atoms with E-state index in [9.17, 15) is 4.79 Å². The minimum absolute atomic E-state index is 0.271. The average molecular weight is 215 g/mol. The molecule has 0 spiro atoms. The lowest BCUT2D eigenvalue weighted by molar-refractivity contribution is 0.0748. The lowest BCUT2D eigenvalue weighted by atomic mass is 9.99. The molecule has 1 aromatic carbocycles. The van der Waals surface area contributed by atoms with Crippen LogP contribution in [0.15, 0.2) is 18.2 Å². The highest BCUT2D eigenvalue weighted by molar-refractivity contribution is 5.97. The highest BCUT2D eigenvalue weighted by Crippen LogP contribution is 2.31. The van der Waals surface area contributed by atoms with Crippen LogP contribution in [0.3, 0.4) is 0 Å². The van der Waals surface area contributed by atoms with Crippen molar-refractivity contribution in [2.24, 2.45) is 0 Å². The zero-order chi connectivity index (χ0) is 11.1. The van der Waals surface area contributed by atoms with E-state index in [1.807, 2.05) is 13.0 Å². The summed E-state index contributed by atoms with van der Waals surface area (Å²) in [6, 6.07) is 6.76. The lowest BCUT2D eigenvalue weighted by Crippen LogP contribution is -2.33. The molecule has 2 nitrogen and oxygen atoms in total. The molecule has 1 aromatic rings. The van der Waals surface area contributed by atoms with E-state index in [1.54, 1.807) is 0 Å². The number of carbonyl (C=O) groups is 1. The van der Waals surface area contributed by atoms with Gasteiger partial charge in [-0.25, -0.2) is 0 Å². The van der Waals surface area contributed by atoms with Gasteiger partial charge in [0.25, 0.3) is 5.91 Å². The minimum Gasteiger partial charge on any atom is -0.336 e. The van der Waals surface area contributed by atoms with Crippen LogP contribution in [0.2, 0.25) is 0 Å². The molecule has 16 heavy (non-hydrogen) atoms. The third kappa shape index (κ3) is 1.53. The van der Waals surface area contributed by atoms with E-state index in [4.69, 9.17) is 0 Å². The molecule has 1 saturated carbocycles. The molecule has 1 fully saturated rings. The Morgan fingerprint density at radius 2 is 2.12 bits per heavy atom. The molecule has 0 radical (unpaired) electrons. The second-order valence-electron chi connectivity index (χ2n) is 4.94. The molecule has 1 heterocycles. The van der Waals surface area contributed by atoms with Crippen LogP contribution in [0.5, 0.6) is 0 Å². The summed E-state index contributed by atoms with van der Waals surface area (Å²) in [5.41, 5.74) is 3.36. The van der Waals surface area contributed by atoms with Crippen LogP contribution < -0.4 is 0 Å². The van der Waals surface area contributed by atoms with Crippen molar-refractivity contribution in [1.29, 1.82) is 0 Å². The first-order valence-electron chi connectivity index (χ1n) is 6.17. The molecule has 2 heteroatoms. The van der Waals surface area contributed by atoms with Gasteiger partial charge < -0.3 is 4.90 Å². The second kappa shape index (κ2) is 3.62. The van der Waals surface area contributed by atoms with Gasteiger partial charge >= 0.3 is 0 Å². The molecule has 0 saturated heterocycles. The van der Waals surface area contributed by atoms with Crippen LogP contribution in [-0.2, 0) is 6.42 Å². The summed E-state index contributed by atoms with van der Waals surface area (Å²) in [7, 11) is 0. The number of nitrogens with zero attached hydrogens (tertiary/aromatic N) is 1. The van der Waals surface area contributed by atoms with Gasteiger partial charge in [-0.3, -0.25) is 4.79 Å². The number of amides is 1. The molecule has 3 rings (SSSR count). The van der Waals surface area contributed by atoms with Gasteiger partial charge in [0.1, 0.15) is 0 Å². The number of benzene rings is 1. The quantitative estimate of drug-likeness (QED) is 0.705. The lowest BCUT2D eigenvalue weighted by Gasteiger charge is -2.21. The van der Waals surface area contributed by atoms with E-state index < -0.39 is 0 Å². The van der Waals surface area contributed by atoms with Crippen LogP contribution >= 0.6 is 0 Å². The van der Waals surface area contributed by atoms with Gasteiger partial charge in [-0.05, 0) is 43.7 Å². The van der Waals surface area contributed by atoms with Crippen LogP contribution in [0, 0.1) is 6.92 Å². The van der Waals surface area contributed by atoms with Crippen LogP contribution in [0.1, 0.15) is 40.7 Å². The first-order chi connectivity index (χ1) is 7.77. The maximum atomic E-state index is 12.5. The SMILES string of the molecule is Cc1cccc2c1C(=O)N(C1CC1)CCC2. The standard InChI is InChI=1S/C14H17NO/c1-10-4-2-5-11-6-3-9-15(12-7-8-12)14(16)13(10)11/h2,4-5,12H,3,6-9H2,1H3. The van der Waals surface area contributed by atoms with Gasteiger partial charge in [0, 0.05) is 18.2 Å². The highest BCUT2D eigenvalue weighted by atomic mass is 16.2. The largest absolute Gasteiger partial charge is 0.336 e. The van der Waals surface area contributed by atoms with Crippen molar-refractivity contribution >= 4 is 5.91 Å². The summed E-state index contributed by atoms with van der Waals surface area (Å²) in [6.07, 6.45) is 4.56. The van der Waals surface area contributed by atoms with Crippen molar-refractivity contribution in [3.05, 3.63) is 34.9 Å². The predicted molar refractivity (Wildman–Crippen MR) is 63.6 cm³/mol. The van der Waals surface area contributed by atoms with E-state index in [0.717, 1.165) is 30.5 Å². The third-order valence-electron chi connectivity index (χ3n) is 3.67. The van der Waals surface area contributed by atoms with E-state index in [2.05, 4.69) is 17.0 Å². The summed E-state index contributed by atoms with van der Waals surface area (Å²) < 4.78 is 0. The zero-order valence-corrected chi connectivity index (χ0v) is 9.70. The number of carbonyl (C=O) groups excluding carboxylic acids is 1. The normalized spacial score (nSPS) is 20.6. The molecular formula is C14H17NO. The molecule has 1 aliphatic heterocycles. The topological polar surface area (TPSA) is 20.3 Å². The van der Waals surface area contributed by atoms with Crippen molar-refractivity contribution in [3.8, 4) is 0 Å². The maximum Gasteiger partial charge on any atom is 0.254 e. The fraction of sp³-hybridized carbons (Fsp3) is 0.500. The Kier molecular flexibility index (Phi) is 2.23. The molecule has 0 bridgehead atoms. The molecule has 1 amide bonds. The zero-order valence-electron chi connectivity index (χ0n) is 9.70. The molecule has 1 aliphatic carbocycles. The Balaban J connectivity index is 2.04. The van der Waals surface area contributed by atoms with Gasteiger partial charge in [0.2, 0.25) is 0 Å². The third-order valence-corrected chi connectivity index (χ3v) is 3.67. The summed E-state index contributed by atoms with van der Waals surface area (Å²) in [6.45, 7) is 2.99.